The van der Waals surface area contributed by atoms with E-state index in [0.29, 0.717) is 12.1 Å². The monoisotopic (exact) mass is 325 g/mol. The minimum Gasteiger partial charge on any atom is -0.311 e. The van der Waals surface area contributed by atoms with Gasteiger partial charge in [0.2, 0.25) is 0 Å². The Labute approximate surface area is 125 Å². The van der Waals surface area contributed by atoms with Crippen LogP contribution >= 0.6 is 15.9 Å². The Morgan fingerprint density at radius 3 is 2.63 bits per heavy atom. The Morgan fingerprint density at radius 2 is 2.05 bits per heavy atom. The SMILES string of the molecule is CN1CCNC(CC(c2ccc(Br)cc2)N(C)C)C1. The van der Waals surface area contributed by atoms with Crippen molar-refractivity contribution in [2.75, 3.05) is 40.8 Å². The molecule has 2 rings (SSSR count). The van der Waals surface area contributed by atoms with Gasteiger partial charge in [-0.15, -0.1) is 0 Å². The lowest BCUT2D eigenvalue weighted by Crippen LogP contribution is -2.50. The van der Waals surface area contributed by atoms with Crippen molar-refractivity contribution in [2.45, 2.75) is 18.5 Å². The van der Waals surface area contributed by atoms with Gasteiger partial charge in [-0.3, -0.25) is 0 Å². The first-order valence-corrected chi connectivity index (χ1v) is 7.69. The van der Waals surface area contributed by atoms with Crippen LogP contribution in [-0.2, 0) is 0 Å². The van der Waals surface area contributed by atoms with Crippen molar-refractivity contribution < 1.29 is 0 Å². The van der Waals surface area contributed by atoms with E-state index < -0.39 is 0 Å². The number of piperazine rings is 1. The molecule has 1 aliphatic rings. The van der Waals surface area contributed by atoms with Crippen LogP contribution in [0.2, 0.25) is 0 Å². The molecule has 1 heterocycles. The quantitative estimate of drug-likeness (QED) is 0.916. The van der Waals surface area contributed by atoms with Gasteiger partial charge in [0.15, 0.2) is 0 Å². The fraction of sp³-hybridized carbons (Fsp3) is 0.600. The molecule has 3 nitrogen and oxygen atoms in total. The molecular weight excluding hydrogens is 302 g/mol. The van der Waals surface area contributed by atoms with Crippen LogP contribution in [0.5, 0.6) is 0 Å². The summed E-state index contributed by atoms with van der Waals surface area (Å²) in [7, 11) is 6.54. The molecule has 0 aromatic heterocycles. The fourth-order valence-corrected chi connectivity index (χ4v) is 3.01. The Morgan fingerprint density at radius 1 is 1.37 bits per heavy atom. The maximum atomic E-state index is 3.64. The number of nitrogens with zero attached hydrogens (tertiary/aromatic N) is 2. The first-order valence-electron chi connectivity index (χ1n) is 6.90. The van der Waals surface area contributed by atoms with Gasteiger partial charge in [0.25, 0.3) is 0 Å². The molecule has 0 spiro atoms. The van der Waals surface area contributed by atoms with Crippen molar-refractivity contribution in [3.8, 4) is 0 Å². The molecule has 4 heteroatoms. The van der Waals surface area contributed by atoms with Gasteiger partial charge < -0.3 is 15.1 Å². The zero-order chi connectivity index (χ0) is 13.8. The van der Waals surface area contributed by atoms with E-state index in [2.05, 4.69) is 76.5 Å². The molecule has 1 aromatic rings. The van der Waals surface area contributed by atoms with Crippen LogP contribution in [-0.4, -0.2) is 56.6 Å². The smallest absolute Gasteiger partial charge is 0.0357 e. The van der Waals surface area contributed by atoms with E-state index in [1.54, 1.807) is 0 Å². The average molecular weight is 326 g/mol. The lowest BCUT2D eigenvalue weighted by molar-refractivity contribution is 0.190. The Hall–Kier alpha value is -0.420. The molecule has 19 heavy (non-hydrogen) atoms. The maximum absolute atomic E-state index is 3.64. The molecule has 1 N–H and O–H groups in total. The first kappa shape index (κ1) is 15.0. The zero-order valence-corrected chi connectivity index (χ0v) is 13.7. The minimum absolute atomic E-state index is 0.470. The van der Waals surface area contributed by atoms with Gasteiger partial charge in [0, 0.05) is 36.2 Å². The molecule has 106 valence electrons. The molecule has 2 atom stereocenters. The van der Waals surface area contributed by atoms with Crippen LogP contribution in [0.4, 0.5) is 0 Å². The van der Waals surface area contributed by atoms with E-state index in [1.165, 1.54) is 5.56 Å². The summed E-state index contributed by atoms with van der Waals surface area (Å²) in [6.45, 7) is 3.39. The summed E-state index contributed by atoms with van der Waals surface area (Å²) in [5, 5.41) is 3.64. The number of benzene rings is 1. The molecule has 1 fully saturated rings. The van der Waals surface area contributed by atoms with Crippen LogP contribution in [0, 0.1) is 0 Å². The van der Waals surface area contributed by atoms with Crippen LogP contribution < -0.4 is 5.32 Å². The Bertz CT molecular complexity index is 391. The van der Waals surface area contributed by atoms with Crippen LogP contribution in [0.15, 0.2) is 28.7 Å². The third-order valence-electron chi connectivity index (χ3n) is 3.84. The molecule has 0 aliphatic carbocycles. The second-order valence-electron chi connectivity index (χ2n) is 5.68. The van der Waals surface area contributed by atoms with Gasteiger partial charge in [0.05, 0.1) is 0 Å². The molecule has 1 aliphatic heterocycles. The number of halogens is 1. The van der Waals surface area contributed by atoms with Crippen molar-refractivity contribution in [3.05, 3.63) is 34.3 Å². The second-order valence-corrected chi connectivity index (χ2v) is 6.60. The van der Waals surface area contributed by atoms with Crippen molar-refractivity contribution in [1.82, 2.24) is 15.1 Å². The highest BCUT2D eigenvalue weighted by molar-refractivity contribution is 9.10. The molecule has 0 bridgehead atoms. The topological polar surface area (TPSA) is 18.5 Å². The first-order chi connectivity index (χ1) is 9.06. The summed E-state index contributed by atoms with van der Waals surface area (Å²) < 4.78 is 1.14. The normalized spacial score (nSPS) is 22.7. The van der Waals surface area contributed by atoms with Crippen LogP contribution in [0.3, 0.4) is 0 Å². The van der Waals surface area contributed by atoms with Gasteiger partial charge in [0.1, 0.15) is 0 Å². The van der Waals surface area contributed by atoms with E-state index in [9.17, 15) is 0 Å². The Kier molecular flexibility index (Phi) is 5.39. The van der Waals surface area contributed by atoms with Gasteiger partial charge in [-0.05, 0) is 45.3 Å². The summed E-state index contributed by atoms with van der Waals surface area (Å²) in [5.74, 6) is 0. The summed E-state index contributed by atoms with van der Waals surface area (Å²) in [4.78, 5) is 4.73. The molecular formula is C15H24BrN3. The summed E-state index contributed by atoms with van der Waals surface area (Å²) in [6.07, 6.45) is 1.15. The molecule has 2 unspecified atom stereocenters. The van der Waals surface area contributed by atoms with Gasteiger partial charge >= 0.3 is 0 Å². The lowest BCUT2D eigenvalue weighted by atomic mass is 9.97. The van der Waals surface area contributed by atoms with Crippen molar-refractivity contribution in [2.24, 2.45) is 0 Å². The maximum Gasteiger partial charge on any atom is 0.0357 e. The molecule has 1 aromatic carbocycles. The number of rotatable bonds is 4. The average Bonchev–Trinajstić information content (AvgIpc) is 2.37. The number of likely N-dealkylation sites (N-methyl/N-ethyl adjacent to an activating group) is 1. The summed E-state index contributed by atoms with van der Waals surface area (Å²) in [5.41, 5.74) is 1.39. The summed E-state index contributed by atoms with van der Waals surface area (Å²) >= 11 is 3.51. The largest absolute Gasteiger partial charge is 0.311 e. The van der Waals surface area contributed by atoms with Crippen molar-refractivity contribution in [3.63, 3.8) is 0 Å². The fourth-order valence-electron chi connectivity index (χ4n) is 2.75. The highest BCUT2D eigenvalue weighted by atomic mass is 79.9. The Balaban J connectivity index is 2.05. The predicted molar refractivity (Wildman–Crippen MR) is 84.5 cm³/mol. The predicted octanol–water partition coefficient (Wildman–Crippen LogP) is 2.35. The second kappa shape index (κ2) is 6.84. The highest BCUT2D eigenvalue weighted by Crippen LogP contribution is 2.25. The molecule has 0 radical (unpaired) electrons. The van der Waals surface area contributed by atoms with E-state index in [0.717, 1.165) is 30.5 Å². The highest BCUT2D eigenvalue weighted by Gasteiger charge is 2.23. The minimum atomic E-state index is 0.470. The third kappa shape index (κ3) is 4.28. The molecule has 0 saturated carbocycles. The molecule has 1 saturated heterocycles. The third-order valence-corrected chi connectivity index (χ3v) is 4.37. The molecule has 0 amide bonds. The van der Waals surface area contributed by atoms with Gasteiger partial charge in [-0.1, -0.05) is 28.1 Å². The van der Waals surface area contributed by atoms with Gasteiger partial charge in [-0.2, -0.15) is 0 Å². The van der Waals surface area contributed by atoms with Crippen molar-refractivity contribution >= 4 is 15.9 Å². The number of hydrogen-bond acceptors (Lipinski definition) is 3. The standard InChI is InChI=1S/C15H24BrN3/c1-18(2)15(12-4-6-13(16)7-5-12)10-14-11-19(3)9-8-17-14/h4-7,14-15,17H,8-11H2,1-3H3. The van der Waals surface area contributed by atoms with E-state index in [1.807, 2.05) is 0 Å². The summed E-state index contributed by atoms with van der Waals surface area (Å²) in [6, 6.07) is 9.76. The van der Waals surface area contributed by atoms with Gasteiger partial charge in [-0.25, -0.2) is 0 Å². The van der Waals surface area contributed by atoms with E-state index >= 15 is 0 Å². The van der Waals surface area contributed by atoms with Crippen LogP contribution in [0.25, 0.3) is 0 Å². The van der Waals surface area contributed by atoms with E-state index in [4.69, 9.17) is 0 Å². The number of nitrogens with one attached hydrogen (secondary N) is 1. The van der Waals surface area contributed by atoms with E-state index in [-0.39, 0.29) is 0 Å². The van der Waals surface area contributed by atoms with Crippen LogP contribution in [0.1, 0.15) is 18.0 Å². The zero-order valence-electron chi connectivity index (χ0n) is 12.1. The van der Waals surface area contributed by atoms with Crippen molar-refractivity contribution in [1.29, 1.82) is 0 Å². The number of hydrogen-bond donors (Lipinski definition) is 1. The lowest BCUT2D eigenvalue weighted by Gasteiger charge is -2.35.